The largest absolute Gasteiger partial charge is 0.490 e. The van der Waals surface area contributed by atoms with Gasteiger partial charge in [-0.15, -0.1) is 0 Å². The average Bonchev–Trinajstić information content (AvgIpc) is 3.00. The van der Waals surface area contributed by atoms with Crippen molar-refractivity contribution in [2.75, 3.05) is 31.9 Å². The summed E-state index contributed by atoms with van der Waals surface area (Å²) in [5.41, 5.74) is 9.24. The summed E-state index contributed by atoms with van der Waals surface area (Å²) in [6.07, 6.45) is 5.56. The zero-order chi connectivity index (χ0) is 27.9. The number of piperidine rings is 2. The Morgan fingerprint density at radius 1 is 0.925 bits per heavy atom. The first kappa shape index (κ1) is 27.4. The first-order chi connectivity index (χ1) is 19.5. The molecule has 1 aromatic heterocycles. The molecule has 206 valence electrons. The van der Waals surface area contributed by atoms with Gasteiger partial charge in [-0.2, -0.15) is 5.26 Å². The van der Waals surface area contributed by atoms with Crippen LogP contribution in [-0.2, 0) is 6.54 Å². The highest BCUT2D eigenvalue weighted by molar-refractivity contribution is 5.97. The topological polar surface area (TPSA) is 113 Å². The van der Waals surface area contributed by atoms with Gasteiger partial charge in [0.15, 0.2) is 5.78 Å². The molecule has 0 saturated carbocycles. The van der Waals surface area contributed by atoms with Gasteiger partial charge in [-0.05, 0) is 85.9 Å². The van der Waals surface area contributed by atoms with Crippen molar-refractivity contribution >= 4 is 17.4 Å². The highest BCUT2D eigenvalue weighted by Crippen LogP contribution is 2.24. The number of anilines is 1. The molecule has 1 amide bonds. The number of aromatic nitrogens is 1. The summed E-state index contributed by atoms with van der Waals surface area (Å²) in [4.78, 5) is 34.5. The van der Waals surface area contributed by atoms with Gasteiger partial charge < -0.3 is 15.4 Å². The van der Waals surface area contributed by atoms with Crippen LogP contribution in [0.5, 0.6) is 5.75 Å². The van der Waals surface area contributed by atoms with Crippen LogP contribution in [0.2, 0.25) is 0 Å². The molecule has 5 rings (SSSR count). The lowest BCUT2D eigenvalue weighted by Gasteiger charge is -2.32. The number of Topliss-reactive ketones (excluding diaryl/α,β-unsaturated/α-hetero) is 1. The number of ether oxygens (including phenoxy) is 1. The lowest BCUT2D eigenvalue weighted by molar-refractivity contribution is 0.0589. The van der Waals surface area contributed by atoms with Gasteiger partial charge in [-0.3, -0.25) is 19.5 Å². The Morgan fingerprint density at radius 3 is 2.25 bits per heavy atom. The Hall–Kier alpha value is -4.22. The molecule has 0 spiro atoms. The molecule has 2 aromatic carbocycles. The van der Waals surface area contributed by atoms with E-state index in [1.54, 1.807) is 23.2 Å². The molecule has 3 aromatic rings. The Labute approximate surface area is 235 Å². The van der Waals surface area contributed by atoms with Crippen molar-refractivity contribution in [3.63, 3.8) is 0 Å². The van der Waals surface area contributed by atoms with Crippen LogP contribution in [0.4, 0.5) is 5.69 Å². The number of nitriles is 1. The van der Waals surface area contributed by atoms with E-state index in [2.05, 4.69) is 16.0 Å². The third-order valence-electron chi connectivity index (χ3n) is 7.89. The highest BCUT2D eigenvalue weighted by Gasteiger charge is 2.26. The van der Waals surface area contributed by atoms with E-state index in [9.17, 15) is 9.59 Å². The van der Waals surface area contributed by atoms with Gasteiger partial charge in [0.25, 0.3) is 5.91 Å². The number of nitrogens with zero attached hydrogens (tertiary/aromatic N) is 4. The van der Waals surface area contributed by atoms with Crippen LogP contribution in [0, 0.1) is 17.2 Å². The van der Waals surface area contributed by atoms with Gasteiger partial charge in [0.1, 0.15) is 17.5 Å². The van der Waals surface area contributed by atoms with Crippen LogP contribution in [-0.4, -0.2) is 58.8 Å². The molecule has 0 unspecified atom stereocenters. The Morgan fingerprint density at radius 2 is 1.62 bits per heavy atom. The summed E-state index contributed by atoms with van der Waals surface area (Å²) in [6, 6.07) is 20.7. The van der Waals surface area contributed by atoms with Crippen molar-refractivity contribution in [3.8, 4) is 11.8 Å². The number of hydrogen-bond donors (Lipinski definition) is 1. The average molecular weight is 538 g/mol. The standard InChI is InChI=1S/C32H35N5O3/c33-20-24-1-3-25(4-2-24)22-36-15-11-23(12-16-36)19-31(38)26-5-10-30(35-21-26)32(39)37-17-13-29(14-18-37)40-28-8-6-27(34)7-9-28/h1-10,21,23,29H,11-19,22,34H2. The minimum atomic E-state index is -0.112. The fourth-order valence-electron chi connectivity index (χ4n) is 5.43. The quantitative estimate of drug-likeness (QED) is 0.327. The molecule has 8 heteroatoms. The number of nitrogens with two attached hydrogens (primary N) is 1. The maximum atomic E-state index is 13.0. The number of nitrogen functional groups attached to an aromatic ring is 1. The van der Waals surface area contributed by atoms with E-state index in [4.69, 9.17) is 15.7 Å². The first-order valence-electron chi connectivity index (χ1n) is 14.0. The maximum Gasteiger partial charge on any atom is 0.272 e. The molecule has 2 fully saturated rings. The first-order valence-corrected chi connectivity index (χ1v) is 14.0. The summed E-state index contributed by atoms with van der Waals surface area (Å²) < 4.78 is 6.03. The van der Waals surface area contributed by atoms with Crippen LogP contribution in [0.15, 0.2) is 66.9 Å². The van der Waals surface area contributed by atoms with Gasteiger partial charge in [0.2, 0.25) is 0 Å². The number of amides is 1. The van der Waals surface area contributed by atoms with Crippen LogP contribution in [0.25, 0.3) is 0 Å². The van der Waals surface area contributed by atoms with Crippen molar-refractivity contribution < 1.29 is 14.3 Å². The second-order valence-electron chi connectivity index (χ2n) is 10.8. The summed E-state index contributed by atoms with van der Waals surface area (Å²) in [6.45, 7) is 3.96. The van der Waals surface area contributed by atoms with E-state index in [1.165, 1.54) is 5.56 Å². The molecule has 2 aliphatic rings. The fourth-order valence-corrected chi connectivity index (χ4v) is 5.43. The molecular formula is C32H35N5O3. The molecule has 0 bridgehead atoms. The molecule has 0 radical (unpaired) electrons. The van der Waals surface area contributed by atoms with Crippen LogP contribution >= 0.6 is 0 Å². The molecule has 0 aliphatic carbocycles. The van der Waals surface area contributed by atoms with Gasteiger partial charge >= 0.3 is 0 Å². The Balaban J connectivity index is 1.05. The number of carbonyl (C=O) groups excluding carboxylic acids is 2. The van der Waals surface area contributed by atoms with Crippen LogP contribution in [0.1, 0.15) is 64.1 Å². The highest BCUT2D eigenvalue weighted by atomic mass is 16.5. The van der Waals surface area contributed by atoms with E-state index in [1.807, 2.05) is 48.5 Å². The van der Waals surface area contributed by atoms with E-state index < -0.39 is 0 Å². The molecular weight excluding hydrogens is 502 g/mol. The lowest BCUT2D eigenvalue weighted by atomic mass is 9.90. The number of rotatable bonds is 8. The van der Waals surface area contributed by atoms with Crippen molar-refractivity contribution in [2.45, 2.75) is 44.8 Å². The predicted molar refractivity (Wildman–Crippen MR) is 153 cm³/mol. The van der Waals surface area contributed by atoms with E-state index in [0.717, 1.165) is 51.1 Å². The summed E-state index contributed by atoms with van der Waals surface area (Å²) in [5, 5.41) is 8.96. The van der Waals surface area contributed by atoms with Crippen LogP contribution < -0.4 is 10.5 Å². The normalized spacial score (nSPS) is 16.8. The zero-order valence-corrected chi connectivity index (χ0v) is 22.7. The van der Waals surface area contributed by atoms with E-state index in [-0.39, 0.29) is 17.8 Å². The lowest BCUT2D eigenvalue weighted by Crippen LogP contribution is -2.42. The number of carbonyl (C=O) groups is 2. The van der Waals surface area contributed by atoms with Crippen molar-refractivity contribution in [1.82, 2.24) is 14.8 Å². The van der Waals surface area contributed by atoms with Crippen molar-refractivity contribution in [2.24, 2.45) is 5.92 Å². The van der Waals surface area contributed by atoms with Gasteiger partial charge in [-0.1, -0.05) is 12.1 Å². The number of likely N-dealkylation sites (tertiary alicyclic amines) is 2. The minimum absolute atomic E-state index is 0.0588. The fraction of sp³-hybridized carbons (Fsp3) is 0.375. The molecule has 40 heavy (non-hydrogen) atoms. The molecule has 3 heterocycles. The summed E-state index contributed by atoms with van der Waals surface area (Å²) >= 11 is 0. The third kappa shape index (κ3) is 7.04. The minimum Gasteiger partial charge on any atom is -0.490 e. The Bertz CT molecular complexity index is 1330. The third-order valence-corrected chi connectivity index (χ3v) is 7.89. The summed E-state index contributed by atoms with van der Waals surface area (Å²) in [7, 11) is 0. The molecule has 2 aliphatic heterocycles. The number of benzene rings is 2. The van der Waals surface area contributed by atoms with Crippen molar-refractivity contribution in [3.05, 3.63) is 89.2 Å². The van der Waals surface area contributed by atoms with Crippen LogP contribution in [0.3, 0.4) is 0 Å². The summed E-state index contributed by atoms with van der Waals surface area (Å²) in [5.74, 6) is 1.11. The van der Waals surface area contributed by atoms with E-state index in [0.29, 0.717) is 47.9 Å². The smallest absolute Gasteiger partial charge is 0.272 e. The molecule has 2 saturated heterocycles. The second kappa shape index (κ2) is 12.8. The van der Waals surface area contributed by atoms with E-state index >= 15 is 0 Å². The Kier molecular flexibility index (Phi) is 8.72. The maximum absolute atomic E-state index is 13.0. The van der Waals surface area contributed by atoms with Gasteiger partial charge in [0, 0.05) is 56.3 Å². The molecule has 0 atom stereocenters. The molecule has 2 N–H and O–H groups in total. The van der Waals surface area contributed by atoms with Gasteiger partial charge in [0.05, 0.1) is 11.6 Å². The second-order valence-corrected chi connectivity index (χ2v) is 10.8. The number of hydrogen-bond acceptors (Lipinski definition) is 7. The van der Waals surface area contributed by atoms with Gasteiger partial charge in [-0.25, -0.2) is 0 Å². The molecule has 8 nitrogen and oxygen atoms in total. The zero-order valence-electron chi connectivity index (χ0n) is 22.7. The monoisotopic (exact) mass is 537 g/mol. The van der Waals surface area contributed by atoms with Crippen molar-refractivity contribution in [1.29, 1.82) is 5.26 Å². The number of ketones is 1. The SMILES string of the molecule is N#Cc1ccc(CN2CCC(CC(=O)c3ccc(C(=O)N4CCC(Oc5ccc(N)cc5)CC4)nc3)CC2)cc1. The predicted octanol–water partition coefficient (Wildman–Crippen LogP) is 4.70. The number of pyridine rings is 1.